The average Bonchev–Trinajstić information content (AvgIpc) is 2.56. The van der Waals surface area contributed by atoms with E-state index in [1.165, 1.54) is 12.1 Å². The van der Waals surface area contributed by atoms with E-state index in [0.29, 0.717) is 11.4 Å². The molecule has 0 N–H and O–H groups in total. The van der Waals surface area contributed by atoms with Crippen molar-refractivity contribution in [1.29, 1.82) is 0 Å². The number of rotatable bonds is 1. The molecule has 0 fully saturated rings. The maximum absolute atomic E-state index is 13.0. The summed E-state index contributed by atoms with van der Waals surface area (Å²) in [5.41, 5.74) is 0.699. The first kappa shape index (κ1) is 9.33. The lowest BCUT2D eigenvalue weighted by molar-refractivity contribution is 0.627. The molecule has 0 radical (unpaired) electrons. The summed E-state index contributed by atoms with van der Waals surface area (Å²) in [5.74, 6) is 0.350. The third-order valence-electron chi connectivity index (χ3n) is 1.88. The first-order chi connectivity index (χ1) is 6.68. The van der Waals surface area contributed by atoms with Gasteiger partial charge in [0.05, 0.1) is 0 Å². The van der Waals surface area contributed by atoms with E-state index >= 15 is 0 Å². The Morgan fingerprint density at radius 2 is 2.21 bits per heavy atom. The van der Waals surface area contributed by atoms with Gasteiger partial charge in [-0.15, -0.1) is 10.2 Å². The Hall–Kier alpha value is -1.23. The monoisotopic (exact) mass is 255 g/mol. The fourth-order valence-corrected chi connectivity index (χ4v) is 1.62. The molecule has 0 atom stereocenters. The number of aromatic nitrogens is 3. The molecule has 2 aromatic rings. The van der Waals surface area contributed by atoms with E-state index in [1.807, 2.05) is 7.05 Å². The van der Waals surface area contributed by atoms with Gasteiger partial charge < -0.3 is 4.57 Å². The fraction of sp³-hybridized carbons (Fsp3) is 0.111. The zero-order valence-electron chi connectivity index (χ0n) is 7.41. The van der Waals surface area contributed by atoms with Crippen molar-refractivity contribution in [2.75, 3.05) is 0 Å². The Balaban J connectivity index is 2.62. The lowest BCUT2D eigenvalue weighted by atomic mass is 10.2. The Bertz CT molecular complexity index is 467. The molecule has 0 aliphatic carbocycles. The van der Waals surface area contributed by atoms with E-state index in [4.69, 9.17) is 0 Å². The second-order valence-electron chi connectivity index (χ2n) is 2.89. The van der Waals surface area contributed by atoms with Crippen LogP contribution in [0.5, 0.6) is 0 Å². The first-order valence-electron chi connectivity index (χ1n) is 3.98. The van der Waals surface area contributed by atoms with Crippen molar-refractivity contribution in [1.82, 2.24) is 14.8 Å². The summed E-state index contributed by atoms with van der Waals surface area (Å²) in [4.78, 5) is 0. The summed E-state index contributed by atoms with van der Waals surface area (Å²) >= 11 is 3.34. The van der Waals surface area contributed by atoms with Crippen LogP contribution in [0.15, 0.2) is 29.0 Å². The molecule has 0 spiro atoms. The predicted octanol–water partition coefficient (Wildman–Crippen LogP) is 2.38. The highest BCUT2D eigenvalue weighted by atomic mass is 79.9. The van der Waals surface area contributed by atoms with Crippen molar-refractivity contribution < 1.29 is 4.39 Å². The highest BCUT2D eigenvalue weighted by Crippen LogP contribution is 2.26. The van der Waals surface area contributed by atoms with Crippen LogP contribution in [0.25, 0.3) is 11.4 Å². The van der Waals surface area contributed by atoms with Gasteiger partial charge in [0, 0.05) is 17.1 Å². The average molecular weight is 256 g/mol. The predicted molar refractivity (Wildman–Crippen MR) is 54.1 cm³/mol. The zero-order valence-corrected chi connectivity index (χ0v) is 8.99. The lowest BCUT2D eigenvalue weighted by Crippen LogP contribution is -1.92. The Kier molecular flexibility index (Phi) is 2.33. The molecule has 14 heavy (non-hydrogen) atoms. The van der Waals surface area contributed by atoms with Crippen LogP contribution < -0.4 is 0 Å². The third-order valence-corrected chi connectivity index (χ3v) is 2.57. The standard InChI is InChI=1S/C9H7BrFN3/c1-14-5-12-13-9(14)7-4-6(11)2-3-8(7)10/h2-5H,1H3. The molecule has 0 unspecified atom stereocenters. The van der Waals surface area contributed by atoms with Crippen molar-refractivity contribution in [2.45, 2.75) is 0 Å². The molecule has 2 rings (SSSR count). The molecule has 0 aliphatic heterocycles. The largest absolute Gasteiger partial charge is 0.317 e. The molecule has 0 saturated heterocycles. The van der Waals surface area contributed by atoms with E-state index in [0.717, 1.165) is 4.47 Å². The Labute approximate surface area is 88.7 Å². The molecule has 0 amide bonds. The smallest absolute Gasteiger partial charge is 0.164 e. The van der Waals surface area contributed by atoms with Crippen molar-refractivity contribution in [2.24, 2.45) is 7.05 Å². The van der Waals surface area contributed by atoms with Crippen LogP contribution in [0.4, 0.5) is 4.39 Å². The maximum Gasteiger partial charge on any atom is 0.164 e. The van der Waals surface area contributed by atoms with Gasteiger partial charge in [0.25, 0.3) is 0 Å². The summed E-state index contributed by atoms with van der Waals surface area (Å²) in [6.07, 6.45) is 1.58. The summed E-state index contributed by atoms with van der Waals surface area (Å²) in [6, 6.07) is 4.47. The number of hydrogen-bond acceptors (Lipinski definition) is 2. The highest BCUT2D eigenvalue weighted by Gasteiger charge is 2.09. The molecule has 5 heteroatoms. The van der Waals surface area contributed by atoms with Gasteiger partial charge in [0.15, 0.2) is 5.82 Å². The van der Waals surface area contributed by atoms with Crippen LogP contribution in [-0.4, -0.2) is 14.8 Å². The van der Waals surface area contributed by atoms with E-state index in [-0.39, 0.29) is 5.82 Å². The molecule has 1 aromatic heterocycles. The van der Waals surface area contributed by atoms with Crippen LogP contribution in [0.1, 0.15) is 0 Å². The van der Waals surface area contributed by atoms with Crippen molar-refractivity contribution >= 4 is 15.9 Å². The van der Waals surface area contributed by atoms with Gasteiger partial charge >= 0.3 is 0 Å². The minimum Gasteiger partial charge on any atom is -0.317 e. The van der Waals surface area contributed by atoms with E-state index in [2.05, 4.69) is 26.1 Å². The summed E-state index contributed by atoms with van der Waals surface area (Å²) in [5, 5.41) is 7.64. The molecular formula is C9H7BrFN3. The van der Waals surface area contributed by atoms with Gasteiger partial charge in [-0.1, -0.05) is 15.9 Å². The molecule has 1 aromatic carbocycles. The highest BCUT2D eigenvalue weighted by molar-refractivity contribution is 9.10. The van der Waals surface area contributed by atoms with Gasteiger partial charge in [-0.2, -0.15) is 0 Å². The van der Waals surface area contributed by atoms with Crippen LogP contribution >= 0.6 is 15.9 Å². The van der Waals surface area contributed by atoms with Gasteiger partial charge in [0.1, 0.15) is 12.1 Å². The third kappa shape index (κ3) is 1.55. The number of nitrogens with zero attached hydrogens (tertiary/aromatic N) is 3. The quantitative estimate of drug-likeness (QED) is 0.784. The number of aryl methyl sites for hydroxylation is 1. The molecule has 0 saturated carbocycles. The van der Waals surface area contributed by atoms with Crippen LogP contribution in [0, 0.1) is 5.82 Å². The second-order valence-corrected chi connectivity index (χ2v) is 3.74. The molecular weight excluding hydrogens is 249 g/mol. The van der Waals surface area contributed by atoms with Crippen molar-refractivity contribution in [3.8, 4) is 11.4 Å². The Morgan fingerprint density at radius 3 is 2.86 bits per heavy atom. The van der Waals surface area contributed by atoms with Crippen LogP contribution in [-0.2, 0) is 7.05 Å². The second kappa shape index (κ2) is 3.49. The van der Waals surface area contributed by atoms with Crippen molar-refractivity contribution in [3.05, 3.63) is 34.8 Å². The van der Waals surface area contributed by atoms with Gasteiger partial charge in [0.2, 0.25) is 0 Å². The van der Waals surface area contributed by atoms with Gasteiger partial charge in [-0.05, 0) is 18.2 Å². The number of hydrogen-bond donors (Lipinski definition) is 0. The normalized spacial score (nSPS) is 10.5. The molecule has 1 heterocycles. The zero-order chi connectivity index (χ0) is 10.1. The minimum atomic E-state index is -0.286. The van der Waals surface area contributed by atoms with E-state index < -0.39 is 0 Å². The van der Waals surface area contributed by atoms with Crippen LogP contribution in [0.3, 0.4) is 0 Å². The lowest BCUT2D eigenvalue weighted by Gasteiger charge is -2.02. The number of halogens is 2. The summed E-state index contributed by atoms with van der Waals surface area (Å²) < 4.78 is 15.5. The van der Waals surface area contributed by atoms with Gasteiger partial charge in [-0.3, -0.25) is 0 Å². The van der Waals surface area contributed by atoms with Crippen LogP contribution in [0.2, 0.25) is 0 Å². The topological polar surface area (TPSA) is 30.7 Å². The number of benzene rings is 1. The van der Waals surface area contributed by atoms with Gasteiger partial charge in [-0.25, -0.2) is 4.39 Å². The fourth-order valence-electron chi connectivity index (χ4n) is 1.20. The SMILES string of the molecule is Cn1cnnc1-c1cc(F)ccc1Br. The van der Waals surface area contributed by atoms with E-state index in [9.17, 15) is 4.39 Å². The molecule has 3 nitrogen and oxygen atoms in total. The summed E-state index contributed by atoms with van der Waals surface area (Å²) in [6.45, 7) is 0. The Morgan fingerprint density at radius 1 is 1.43 bits per heavy atom. The maximum atomic E-state index is 13.0. The summed E-state index contributed by atoms with van der Waals surface area (Å²) in [7, 11) is 1.81. The first-order valence-corrected chi connectivity index (χ1v) is 4.77. The molecule has 0 bridgehead atoms. The molecule has 0 aliphatic rings. The van der Waals surface area contributed by atoms with Crippen molar-refractivity contribution in [3.63, 3.8) is 0 Å². The minimum absolute atomic E-state index is 0.286. The van der Waals surface area contributed by atoms with E-state index in [1.54, 1.807) is 17.0 Å². The molecule has 72 valence electrons.